The Morgan fingerprint density at radius 2 is 1.94 bits per heavy atom. The molecule has 2 aromatic carbocycles. The predicted octanol–water partition coefficient (Wildman–Crippen LogP) is 3.31. The molecule has 1 aliphatic rings. The van der Waals surface area contributed by atoms with Crippen LogP contribution in [-0.2, 0) is 0 Å². The molecule has 3 aromatic rings. The number of rotatable bonds is 5. The van der Waals surface area contributed by atoms with Crippen LogP contribution in [-0.4, -0.2) is 23.5 Å². The van der Waals surface area contributed by atoms with Gasteiger partial charge in [-0.1, -0.05) is 24.3 Å². The highest BCUT2D eigenvalue weighted by Gasteiger charge is 2.36. The number of fused-ring (bicyclic) bond motifs is 1. The highest BCUT2D eigenvalue weighted by molar-refractivity contribution is 5.59. The number of allylic oxidation sites excluding steroid dienone is 1. The van der Waals surface area contributed by atoms with E-state index in [2.05, 4.69) is 11.2 Å². The number of nitrogens with zero attached hydrogens (tertiary/aromatic N) is 4. The summed E-state index contributed by atoms with van der Waals surface area (Å²) >= 11 is 0. The molecule has 1 atom stereocenters. The van der Waals surface area contributed by atoms with Crippen LogP contribution >= 0.6 is 0 Å². The molecular weight excluding hydrogens is 394 g/mol. The number of hydrogen-bond donors (Lipinski definition) is 1. The van der Waals surface area contributed by atoms with E-state index < -0.39 is 5.92 Å². The number of para-hydroxylation sites is 1. The third kappa shape index (κ3) is 3.41. The number of nitriles is 2. The molecule has 154 valence electrons. The molecule has 8 heteroatoms. The van der Waals surface area contributed by atoms with Gasteiger partial charge in [0.2, 0.25) is 11.8 Å². The van der Waals surface area contributed by atoms with Crippen molar-refractivity contribution in [1.82, 2.24) is 9.78 Å². The topological polar surface area (TPSA) is 119 Å². The summed E-state index contributed by atoms with van der Waals surface area (Å²) in [5.74, 6) is 0.886. The van der Waals surface area contributed by atoms with E-state index in [1.54, 1.807) is 16.8 Å². The van der Waals surface area contributed by atoms with Crippen molar-refractivity contribution in [3.63, 3.8) is 0 Å². The van der Waals surface area contributed by atoms with Gasteiger partial charge in [0.25, 0.3) is 0 Å². The Morgan fingerprint density at radius 3 is 2.61 bits per heavy atom. The van der Waals surface area contributed by atoms with Gasteiger partial charge in [-0.15, -0.1) is 0 Å². The number of nitrogens with two attached hydrogens (primary N) is 1. The number of hydrogen-bond acceptors (Lipinski definition) is 7. The molecule has 1 aliphatic heterocycles. The maximum absolute atomic E-state index is 9.84. The van der Waals surface area contributed by atoms with Crippen LogP contribution in [0.4, 0.5) is 0 Å². The van der Waals surface area contributed by atoms with Crippen molar-refractivity contribution in [3.8, 4) is 35.2 Å². The van der Waals surface area contributed by atoms with Crippen LogP contribution in [0.3, 0.4) is 0 Å². The zero-order chi connectivity index (χ0) is 22.0. The fourth-order valence-corrected chi connectivity index (χ4v) is 3.68. The number of benzene rings is 2. The Kier molecular flexibility index (Phi) is 5.21. The summed E-state index contributed by atoms with van der Waals surface area (Å²) in [6.07, 6.45) is 0. The smallest absolute Gasteiger partial charge is 0.229 e. The van der Waals surface area contributed by atoms with Crippen LogP contribution in [0.1, 0.15) is 22.7 Å². The fraction of sp³-hybridized carbons (Fsp3) is 0.174. The summed E-state index contributed by atoms with van der Waals surface area (Å²) in [4.78, 5) is 0. The lowest BCUT2D eigenvalue weighted by atomic mass is 9.84. The SMILES string of the molecule is COc1cc([C@@H]2C(C#N)=C(N)Oc3c2c(C)nn3-c2ccccc2)ccc1OCC#N. The third-order valence-electron chi connectivity index (χ3n) is 5.05. The van der Waals surface area contributed by atoms with Gasteiger partial charge in [0.1, 0.15) is 17.7 Å². The van der Waals surface area contributed by atoms with E-state index in [1.807, 2.05) is 49.4 Å². The summed E-state index contributed by atoms with van der Waals surface area (Å²) in [5.41, 5.74) is 9.49. The minimum atomic E-state index is -0.495. The molecule has 2 heterocycles. The van der Waals surface area contributed by atoms with E-state index in [1.165, 1.54) is 7.11 Å². The van der Waals surface area contributed by atoms with E-state index in [9.17, 15) is 5.26 Å². The van der Waals surface area contributed by atoms with E-state index in [0.717, 1.165) is 16.8 Å². The molecule has 0 aliphatic carbocycles. The van der Waals surface area contributed by atoms with Crippen molar-refractivity contribution in [2.45, 2.75) is 12.8 Å². The lowest BCUT2D eigenvalue weighted by Crippen LogP contribution is -2.22. The second-order valence-electron chi connectivity index (χ2n) is 6.83. The van der Waals surface area contributed by atoms with E-state index >= 15 is 0 Å². The quantitative estimate of drug-likeness (QED) is 0.681. The minimum Gasteiger partial charge on any atom is -0.493 e. The van der Waals surface area contributed by atoms with Crippen LogP contribution in [0.2, 0.25) is 0 Å². The molecule has 4 rings (SSSR count). The third-order valence-corrected chi connectivity index (χ3v) is 5.05. The standard InChI is InChI=1S/C23H19N5O3/c1-14-20-21(15-8-9-18(30-11-10-24)19(12-15)29-2)17(13-25)22(26)31-23(20)28(27-14)16-6-4-3-5-7-16/h3-9,12,21H,11,26H2,1-2H3/t21-/m1/s1. The Labute approximate surface area is 179 Å². The maximum atomic E-state index is 9.84. The van der Waals surface area contributed by atoms with E-state index in [0.29, 0.717) is 23.1 Å². The van der Waals surface area contributed by atoms with Crippen molar-refractivity contribution in [2.24, 2.45) is 5.73 Å². The van der Waals surface area contributed by atoms with Crippen LogP contribution < -0.4 is 19.9 Å². The molecule has 0 bridgehead atoms. The largest absolute Gasteiger partial charge is 0.493 e. The average Bonchev–Trinajstić information content (AvgIpc) is 3.13. The molecule has 31 heavy (non-hydrogen) atoms. The van der Waals surface area contributed by atoms with Gasteiger partial charge in [0.15, 0.2) is 18.1 Å². The van der Waals surface area contributed by atoms with Gasteiger partial charge in [-0.25, -0.2) is 4.68 Å². The van der Waals surface area contributed by atoms with Crippen molar-refractivity contribution in [3.05, 3.63) is 76.8 Å². The van der Waals surface area contributed by atoms with Crippen LogP contribution in [0.15, 0.2) is 60.0 Å². The fourth-order valence-electron chi connectivity index (χ4n) is 3.68. The first-order chi connectivity index (χ1) is 15.1. The van der Waals surface area contributed by atoms with Gasteiger partial charge in [-0.2, -0.15) is 15.6 Å². The van der Waals surface area contributed by atoms with Crippen LogP contribution in [0.5, 0.6) is 17.4 Å². The number of ether oxygens (including phenoxy) is 3. The normalized spacial score (nSPS) is 14.8. The summed E-state index contributed by atoms with van der Waals surface area (Å²) in [6, 6.07) is 19.0. The van der Waals surface area contributed by atoms with Gasteiger partial charge in [0.05, 0.1) is 30.0 Å². The Hall–Kier alpha value is -4.43. The summed E-state index contributed by atoms with van der Waals surface area (Å²) in [7, 11) is 1.52. The van der Waals surface area contributed by atoms with Crippen molar-refractivity contribution in [1.29, 1.82) is 10.5 Å². The molecular formula is C23H19N5O3. The van der Waals surface area contributed by atoms with Gasteiger partial charge < -0.3 is 19.9 Å². The maximum Gasteiger partial charge on any atom is 0.229 e. The van der Waals surface area contributed by atoms with E-state index in [-0.39, 0.29) is 18.1 Å². The summed E-state index contributed by atoms with van der Waals surface area (Å²) in [6.45, 7) is 1.77. The highest BCUT2D eigenvalue weighted by atomic mass is 16.5. The zero-order valence-corrected chi connectivity index (χ0v) is 17.0. The molecule has 1 aromatic heterocycles. The molecule has 0 radical (unpaired) electrons. The van der Waals surface area contributed by atoms with Gasteiger partial charge >= 0.3 is 0 Å². The second kappa shape index (κ2) is 8.13. The lowest BCUT2D eigenvalue weighted by Gasteiger charge is -2.25. The zero-order valence-electron chi connectivity index (χ0n) is 17.0. The first-order valence-electron chi connectivity index (χ1n) is 9.49. The molecule has 0 saturated heterocycles. The molecule has 0 unspecified atom stereocenters. The van der Waals surface area contributed by atoms with Gasteiger partial charge in [0, 0.05) is 0 Å². The Morgan fingerprint density at radius 1 is 1.16 bits per heavy atom. The molecule has 0 fully saturated rings. The minimum absolute atomic E-state index is 0.0286. The lowest BCUT2D eigenvalue weighted by molar-refractivity contribution is 0.329. The Balaban J connectivity index is 1.89. The monoisotopic (exact) mass is 413 g/mol. The number of methoxy groups -OCH3 is 1. The van der Waals surface area contributed by atoms with Gasteiger partial charge in [-0.05, 0) is 36.8 Å². The summed E-state index contributed by atoms with van der Waals surface area (Å²) in [5, 5.41) is 23.3. The van der Waals surface area contributed by atoms with Gasteiger partial charge in [-0.3, -0.25) is 0 Å². The highest BCUT2D eigenvalue weighted by Crippen LogP contribution is 2.46. The Bertz CT molecular complexity index is 1250. The van der Waals surface area contributed by atoms with Crippen LogP contribution in [0, 0.1) is 29.6 Å². The average molecular weight is 413 g/mol. The molecule has 0 spiro atoms. The van der Waals surface area contributed by atoms with Crippen LogP contribution in [0.25, 0.3) is 5.69 Å². The van der Waals surface area contributed by atoms with E-state index in [4.69, 9.17) is 25.2 Å². The first-order valence-corrected chi connectivity index (χ1v) is 9.49. The van der Waals surface area contributed by atoms with Crippen molar-refractivity contribution < 1.29 is 14.2 Å². The van der Waals surface area contributed by atoms with Crippen molar-refractivity contribution in [2.75, 3.05) is 13.7 Å². The van der Waals surface area contributed by atoms with Crippen molar-refractivity contribution >= 4 is 0 Å². The number of aromatic nitrogens is 2. The predicted molar refractivity (Wildman–Crippen MR) is 112 cm³/mol. The summed E-state index contributed by atoms with van der Waals surface area (Å²) < 4.78 is 18.4. The number of aryl methyl sites for hydroxylation is 1. The molecule has 0 amide bonds. The molecule has 0 saturated carbocycles. The second-order valence-corrected chi connectivity index (χ2v) is 6.83. The first kappa shape index (κ1) is 19.9. The molecule has 2 N–H and O–H groups in total. The molecule has 8 nitrogen and oxygen atoms in total.